The van der Waals surface area contributed by atoms with Gasteiger partial charge in [-0.2, -0.15) is 0 Å². The molecule has 116 valence electrons. The zero-order valence-electron chi connectivity index (χ0n) is 12.7. The predicted molar refractivity (Wildman–Crippen MR) is 81.2 cm³/mol. The molecule has 1 aliphatic rings. The van der Waals surface area contributed by atoms with E-state index in [1.807, 2.05) is 37.3 Å². The van der Waals surface area contributed by atoms with Crippen LogP contribution in [0.3, 0.4) is 0 Å². The third kappa shape index (κ3) is 2.36. The maximum Gasteiger partial charge on any atom is 0.307 e. The van der Waals surface area contributed by atoms with Gasteiger partial charge in [0.2, 0.25) is 5.91 Å². The van der Waals surface area contributed by atoms with E-state index in [2.05, 4.69) is 0 Å². The molecule has 1 fully saturated rings. The van der Waals surface area contributed by atoms with Crippen molar-refractivity contribution in [1.29, 1.82) is 0 Å². The van der Waals surface area contributed by atoms with Crippen molar-refractivity contribution >= 4 is 22.8 Å². The molecule has 0 spiro atoms. The summed E-state index contributed by atoms with van der Waals surface area (Å²) in [5, 5.41) is 10.1. The summed E-state index contributed by atoms with van der Waals surface area (Å²) < 4.78 is 5.80. The topological polar surface area (TPSA) is 70.8 Å². The first-order valence-electron chi connectivity index (χ1n) is 7.47. The lowest BCUT2D eigenvalue weighted by Gasteiger charge is -2.36. The number of furan rings is 1. The molecule has 22 heavy (non-hydrogen) atoms. The number of benzene rings is 1. The summed E-state index contributed by atoms with van der Waals surface area (Å²) in [5.41, 5.74) is 0.789. The molecule has 3 rings (SSSR count). The van der Waals surface area contributed by atoms with E-state index in [0.29, 0.717) is 18.6 Å². The maximum absolute atomic E-state index is 12.5. The maximum atomic E-state index is 12.5. The van der Waals surface area contributed by atoms with Crippen molar-refractivity contribution in [1.82, 2.24) is 4.90 Å². The monoisotopic (exact) mass is 301 g/mol. The van der Waals surface area contributed by atoms with Crippen molar-refractivity contribution in [3.63, 3.8) is 0 Å². The van der Waals surface area contributed by atoms with Crippen LogP contribution in [0.15, 0.2) is 34.7 Å². The molecule has 0 bridgehead atoms. The molecule has 1 aromatic carbocycles. The summed E-state index contributed by atoms with van der Waals surface area (Å²) in [6, 6.07) is 9.39. The average Bonchev–Trinajstić information content (AvgIpc) is 2.87. The molecule has 1 heterocycles. The summed E-state index contributed by atoms with van der Waals surface area (Å²) in [6.45, 7) is 1.89. The summed E-state index contributed by atoms with van der Waals surface area (Å²) in [7, 11) is 1.71. The van der Waals surface area contributed by atoms with E-state index < -0.39 is 17.8 Å². The van der Waals surface area contributed by atoms with E-state index in [1.54, 1.807) is 11.9 Å². The number of aliphatic carboxylic acids is 1. The Bertz CT molecular complexity index is 687. The third-order valence-corrected chi connectivity index (χ3v) is 4.69. The average molecular weight is 301 g/mol. The smallest absolute Gasteiger partial charge is 0.307 e. The van der Waals surface area contributed by atoms with Gasteiger partial charge in [-0.3, -0.25) is 9.59 Å². The molecule has 0 aliphatic heterocycles. The lowest BCUT2D eigenvalue weighted by atomic mass is 9.73. The minimum absolute atomic E-state index is 0.119. The van der Waals surface area contributed by atoms with Crippen molar-refractivity contribution < 1.29 is 19.1 Å². The van der Waals surface area contributed by atoms with Gasteiger partial charge in [0.15, 0.2) is 0 Å². The summed E-state index contributed by atoms with van der Waals surface area (Å²) in [5.74, 6) is -1.24. The summed E-state index contributed by atoms with van der Waals surface area (Å²) in [6.07, 6.45) is 1.23. The molecule has 5 heteroatoms. The molecule has 2 aromatic rings. The van der Waals surface area contributed by atoms with Gasteiger partial charge in [0.25, 0.3) is 0 Å². The number of para-hydroxylation sites is 1. The molecule has 0 radical (unpaired) electrons. The first-order valence-corrected chi connectivity index (χ1v) is 7.47. The van der Waals surface area contributed by atoms with Crippen LogP contribution in [0.25, 0.3) is 11.0 Å². The normalized spacial score (nSPS) is 22.1. The highest BCUT2D eigenvalue weighted by molar-refractivity contribution is 5.86. The number of hydrogen-bond acceptors (Lipinski definition) is 3. The van der Waals surface area contributed by atoms with Gasteiger partial charge in [-0.15, -0.1) is 0 Å². The van der Waals surface area contributed by atoms with E-state index in [0.717, 1.165) is 11.0 Å². The zero-order chi connectivity index (χ0) is 15.9. The molecule has 1 N–H and O–H groups in total. The quantitative estimate of drug-likeness (QED) is 0.942. The van der Waals surface area contributed by atoms with E-state index in [-0.39, 0.29) is 11.9 Å². The standard InChI is InChI=1S/C17H19NO4/c1-10(15-9-11-5-3-4-6-14(11)22-15)18(2)16(19)12-7-8-13(12)17(20)21/h3-6,9-10,12-13H,7-8H2,1-2H3,(H,20,21). The largest absolute Gasteiger partial charge is 0.481 e. The van der Waals surface area contributed by atoms with Crippen molar-refractivity contribution in [2.45, 2.75) is 25.8 Å². The second-order valence-corrected chi connectivity index (χ2v) is 5.94. The molecular weight excluding hydrogens is 282 g/mol. The number of carbonyl (C=O) groups is 2. The Morgan fingerprint density at radius 3 is 2.55 bits per heavy atom. The molecule has 5 nitrogen and oxygen atoms in total. The number of carboxylic acid groups (broad SMARTS) is 1. The van der Waals surface area contributed by atoms with E-state index in [4.69, 9.17) is 9.52 Å². The fourth-order valence-electron chi connectivity index (χ4n) is 2.94. The number of carbonyl (C=O) groups excluding carboxylic acids is 1. The van der Waals surface area contributed by atoms with Gasteiger partial charge in [-0.05, 0) is 31.9 Å². The Morgan fingerprint density at radius 2 is 1.95 bits per heavy atom. The Hall–Kier alpha value is -2.30. The zero-order valence-corrected chi connectivity index (χ0v) is 12.7. The number of hydrogen-bond donors (Lipinski definition) is 1. The highest BCUT2D eigenvalue weighted by Crippen LogP contribution is 2.37. The van der Waals surface area contributed by atoms with Crippen molar-refractivity contribution in [2.75, 3.05) is 7.05 Å². The minimum Gasteiger partial charge on any atom is -0.481 e. The third-order valence-electron chi connectivity index (χ3n) is 4.69. The Morgan fingerprint density at radius 1 is 1.27 bits per heavy atom. The molecule has 1 aromatic heterocycles. The lowest BCUT2D eigenvalue weighted by molar-refractivity contribution is -0.157. The molecule has 1 aliphatic carbocycles. The summed E-state index contributed by atoms with van der Waals surface area (Å²) in [4.78, 5) is 25.2. The molecule has 3 unspecified atom stereocenters. The number of rotatable bonds is 4. The molecule has 1 saturated carbocycles. The first-order chi connectivity index (χ1) is 10.5. The fraction of sp³-hybridized carbons (Fsp3) is 0.412. The van der Waals surface area contributed by atoms with E-state index in [1.165, 1.54) is 0 Å². The fourth-order valence-corrected chi connectivity index (χ4v) is 2.94. The highest BCUT2D eigenvalue weighted by atomic mass is 16.4. The van der Waals surface area contributed by atoms with Crippen LogP contribution in [-0.2, 0) is 9.59 Å². The molecule has 3 atom stereocenters. The van der Waals surface area contributed by atoms with Crippen LogP contribution < -0.4 is 0 Å². The Kier molecular flexibility index (Phi) is 3.64. The van der Waals surface area contributed by atoms with Crippen molar-refractivity contribution in [3.05, 3.63) is 36.1 Å². The number of carboxylic acids is 1. The van der Waals surface area contributed by atoms with Gasteiger partial charge < -0.3 is 14.4 Å². The lowest BCUT2D eigenvalue weighted by Crippen LogP contribution is -2.45. The SMILES string of the molecule is CC(c1cc2ccccc2o1)N(C)C(=O)C1CCC1C(=O)O. The number of fused-ring (bicyclic) bond motifs is 1. The molecule has 1 amide bonds. The number of amides is 1. The highest BCUT2D eigenvalue weighted by Gasteiger charge is 2.43. The van der Waals surface area contributed by atoms with Gasteiger partial charge in [-0.25, -0.2) is 0 Å². The van der Waals surface area contributed by atoms with Gasteiger partial charge in [0.1, 0.15) is 11.3 Å². The Labute approximate surface area is 128 Å². The van der Waals surface area contributed by atoms with Gasteiger partial charge in [0, 0.05) is 12.4 Å². The second kappa shape index (κ2) is 5.48. The van der Waals surface area contributed by atoms with Crippen LogP contribution in [0.1, 0.15) is 31.6 Å². The molecule has 0 saturated heterocycles. The van der Waals surface area contributed by atoms with Crippen LogP contribution in [-0.4, -0.2) is 28.9 Å². The Balaban J connectivity index is 1.77. The van der Waals surface area contributed by atoms with Gasteiger partial charge in [0.05, 0.1) is 17.9 Å². The second-order valence-electron chi connectivity index (χ2n) is 5.94. The van der Waals surface area contributed by atoms with Crippen molar-refractivity contribution in [2.24, 2.45) is 11.8 Å². The predicted octanol–water partition coefficient (Wildman–Crippen LogP) is 3.06. The summed E-state index contributed by atoms with van der Waals surface area (Å²) >= 11 is 0. The van der Waals surface area contributed by atoms with Crippen LogP contribution in [0.4, 0.5) is 0 Å². The number of nitrogens with zero attached hydrogens (tertiary/aromatic N) is 1. The van der Waals surface area contributed by atoms with Gasteiger partial charge >= 0.3 is 5.97 Å². The van der Waals surface area contributed by atoms with Crippen LogP contribution in [0, 0.1) is 11.8 Å². The van der Waals surface area contributed by atoms with E-state index >= 15 is 0 Å². The van der Waals surface area contributed by atoms with Gasteiger partial charge in [-0.1, -0.05) is 18.2 Å². The van der Waals surface area contributed by atoms with Crippen LogP contribution in [0.2, 0.25) is 0 Å². The molecular formula is C17H19NO4. The van der Waals surface area contributed by atoms with E-state index in [9.17, 15) is 9.59 Å². The van der Waals surface area contributed by atoms with Crippen LogP contribution in [0.5, 0.6) is 0 Å². The minimum atomic E-state index is -0.880. The first kappa shape index (κ1) is 14.6. The van der Waals surface area contributed by atoms with Crippen molar-refractivity contribution in [3.8, 4) is 0 Å². The van der Waals surface area contributed by atoms with Crippen LogP contribution >= 0.6 is 0 Å².